The van der Waals surface area contributed by atoms with E-state index in [2.05, 4.69) is 13.8 Å². The molecular formula is C18H30O5. The van der Waals surface area contributed by atoms with Crippen molar-refractivity contribution in [1.82, 2.24) is 0 Å². The molecule has 4 atom stereocenters. The summed E-state index contributed by atoms with van der Waals surface area (Å²) < 4.78 is 16.3. The van der Waals surface area contributed by atoms with Gasteiger partial charge in [0.05, 0.1) is 37.3 Å². The van der Waals surface area contributed by atoms with Crippen molar-refractivity contribution in [3.05, 3.63) is 0 Å². The van der Waals surface area contributed by atoms with Gasteiger partial charge in [-0.05, 0) is 25.7 Å². The highest BCUT2D eigenvalue weighted by molar-refractivity contribution is 5.82. The lowest BCUT2D eigenvalue weighted by Gasteiger charge is -2.26. The van der Waals surface area contributed by atoms with Gasteiger partial charge >= 0.3 is 11.9 Å². The predicted octanol–water partition coefficient (Wildman–Crippen LogP) is 3.25. The van der Waals surface area contributed by atoms with Crippen LogP contribution < -0.4 is 0 Å². The Morgan fingerprint density at radius 3 is 1.65 bits per heavy atom. The zero-order valence-corrected chi connectivity index (χ0v) is 14.4. The van der Waals surface area contributed by atoms with Crippen molar-refractivity contribution in [2.75, 3.05) is 13.2 Å². The molecule has 0 aromatic rings. The first-order valence-corrected chi connectivity index (χ1v) is 9.16. The van der Waals surface area contributed by atoms with Gasteiger partial charge in [0.2, 0.25) is 0 Å². The molecule has 132 valence electrons. The number of hydrogen-bond donors (Lipinski definition) is 0. The van der Waals surface area contributed by atoms with Crippen LogP contribution in [0.1, 0.15) is 65.2 Å². The number of carbonyl (C=O) groups excluding carboxylic acids is 2. The third-order valence-corrected chi connectivity index (χ3v) is 4.74. The van der Waals surface area contributed by atoms with Crippen LogP contribution in [0, 0.1) is 11.8 Å². The minimum atomic E-state index is -0.404. The molecule has 2 fully saturated rings. The summed E-state index contributed by atoms with van der Waals surface area (Å²) in [5, 5.41) is 0. The summed E-state index contributed by atoms with van der Waals surface area (Å²) in [6, 6.07) is 0. The van der Waals surface area contributed by atoms with Gasteiger partial charge in [0.25, 0.3) is 0 Å². The molecule has 0 N–H and O–H groups in total. The molecule has 2 aliphatic rings. The number of esters is 2. The van der Waals surface area contributed by atoms with E-state index in [1.54, 1.807) is 0 Å². The van der Waals surface area contributed by atoms with Crippen LogP contribution in [-0.2, 0) is 23.8 Å². The number of rotatable bonds is 10. The van der Waals surface area contributed by atoms with Crippen molar-refractivity contribution < 1.29 is 23.8 Å². The molecule has 0 radical (unpaired) electrons. The number of hydrogen-bond acceptors (Lipinski definition) is 5. The van der Waals surface area contributed by atoms with Gasteiger partial charge in [-0.2, -0.15) is 0 Å². The summed E-state index contributed by atoms with van der Waals surface area (Å²) in [6.45, 7) is 5.10. The van der Waals surface area contributed by atoms with Crippen LogP contribution in [0.3, 0.4) is 0 Å². The molecule has 4 unspecified atom stereocenters. The van der Waals surface area contributed by atoms with Crippen LogP contribution >= 0.6 is 0 Å². The van der Waals surface area contributed by atoms with Gasteiger partial charge in [0.1, 0.15) is 0 Å². The van der Waals surface area contributed by atoms with E-state index in [0.29, 0.717) is 26.1 Å². The van der Waals surface area contributed by atoms with Gasteiger partial charge in [-0.25, -0.2) is 0 Å². The van der Waals surface area contributed by atoms with Crippen molar-refractivity contribution in [1.29, 1.82) is 0 Å². The molecule has 1 saturated heterocycles. The van der Waals surface area contributed by atoms with E-state index in [1.807, 2.05) is 0 Å². The minimum absolute atomic E-state index is 0.132. The van der Waals surface area contributed by atoms with Gasteiger partial charge in [-0.15, -0.1) is 0 Å². The zero-order valence-electron chi connectivity index (χ0n) is 14.4. The standard InChI is InChI=1S/C18H30O5/c1-3-5-7-9-21-17(19)13-11-15-16(23-15)12-14(13)18(20)22-10-8-6-4-2/h13-16H,3-12H2,1-2H3. The van der Waals surface area contributed by atoms with E-state index in [0.717, 1.165) is 38.5 Å². The Kier molecular flexibility index (Phi) is 7.34. The summed E-state index contributed by atoms with van der Waals surface area (Å²) in [5.41, 5.74) is 0. The van der Waals surface area contributed by atoms with Crippen molar-refractivity contribution >= 4 is 11.9 Å². The fourth-order valence-electron chi connectivity index (χ4n) is 3.21. The molecule has 0 amide bonds. The van der Waals surface area contributed by atoms with Crippen molar-refractivity contribution in [3.63, 3.8) is 0 Å². The van der Waals surface area contributed by atoms with Crippen LogP contribution in [0.5, 0.6) is 0 Å². The van der Waals surface area contributed by atoms with Crippen molar-refractivity contribution in [2.45, 2.75) is 77.4 Å². The summed E-state index contributed by atoms with van der Waals surface area (Å²) in [5.74, 6) is -1.32. The van der Waals surface area contributed by atoms with Gasteiger partial charge < -0.3 is 14.2 Å². The molecule has 5 nitrogen and oxygen atoms in total. The average molecular weight is 326 g/mol. The van der Waals surface area contributed by atoms with Gasteiger partial charge in [-0.1, -0.05) is 39.5 Å². The Bertz CT molecular complexity index is 359. The van der Waals surface area contributed by atoms with Crippen LogP contribution in [-0.4, -0.2) is 37.4 Å². The van der Waals surface area contributed by atoms with E-state index in [1.165, 1.54) is 0 Å². The first kappa shape index (κ1) is 18.2. The minimum Gasteiger partial charge on any atom is -0.465 e. The van der Waals surface area contributed by atoms with Gasteiger partial charge in [0.15, 0.2) is 0 Å². The number of unbranched alkanes of at least 4 members (excludes halogenated alkanes) is 4. The molecule has 1 saturated carbocycles. The van der Waals surface area contributed by atoms with E-state index in [-0.39, 0.29) is 24.1 Å². The third kappa shape index (κ3) is 5.48. The highest BCUT2D eigenvalue weighted by Gasteiger charge is 2.53. The topological polar surface area (TPSA) is 65.1 Å². The second-order valence-electron chi connectivity index (χ2n) is 6.65. The fraction of sp³-hybridized carbons (Fsp3) is 0.889. The molecule has 0 spiro atoms. The molecule has 2 rings (SSSR count). The molecule has 1 aliphatic carbocycles. The molecule has 5 heteroatoms. The number of carbonyl (C=O) groups is 2. The van der Waals surface area contributed by atoms with Crippen molar-refractivity contribution in [2.24, 2.45) is 11.8 Å². The van der Waals surface area contributed by atoms with E-state index in [4.69, 9.17) is 14.2 Å². The molecule has 0 aromatic carbocycles. The molecule has 0 bridgehead atoms. The monoisotopic (exact) mass is 326 g/mol. The summed E-state index contributed by atoms with van der Waals surface area (Å²) in [6.07, 6.45) is 7.48. The van der Waals surface area contributed by atoms with Crippen LogP contribution in [0.4, 0.5) is 0 Å². The first-order valence-electron chi connectivity index (χ1n) is 9.16. The number of fused-ring (bicyclic) bond motifs is 1. The van der Waals surface area contributed by atoms with E-state index in [9.17, 15) is 9.59 Å². The highest BCUT2D eigenvalue weighted by atomic mass is 16.6. The van der Waals surface area contributed by atoms with Crippen molar-refractivity contribution in [3.8, 4) is 0 Å². The smallest absolute Gasteiger partial charge is 0.309 e. The Labute approximate surface area is 139 Å². The van der Waals surface area contributed by atoms with Crippen LogP contribution in [0.2, 0.25) is 0 Å². The normalized spacial score (nSPS) is 28.8. The quantitative estimate of drug-likeness (QED) is 0.350. The summed E-state index contributed by atoms with van der Waals surface area (Å²) in [4.78, 5) is 24.7. The van der Waals surface area contributed by atoms with Gasteiger partial charge in [0, 0.05) is 0 Å². The third-order valence-electron chi connectivity index (χ3n) is 4.74. The SMILES string of the molecule is CCCCCOC(=O)C1CC2OC2CC1C(=O)OCCCCC. The first-order chi connectivity index (χ1) is 11.2. The summed E-state index contributed by atoms with van der Waals surface area (Å²) >= 11 is 0. The number of ether oxygens (including phenoxy) is 3. The maximum absolute atomic E-state index is 12.3. The van der Waals surface area contributed by atoms with Gasteiger partial charge in [-0.3, -0.25) is 9.59 Å². The van der Waals surface area contributed by atoms with Crippen LogP contribution in [0.15, 0.2) is 0 Å². The zero-order chi connectivity index (χ0) is 16.7. The lowest BCUT2D eigenvalue weighted by Crippen LogP contribution is -2.37. The Morgan fingerprint density at radius 2 is 1.26 bits per heavy atom. The van der Waals surface area contributed by atoms with Crippen LogP contribution in [0.25, 0.3) is 0 Å². The Hall–Kier alpha value is -1.10. The van der Waals surface area contributed by atoms with E-state index >= 15 is 0 Å². The Morgan fingerprint density at radius 1 is 0.826 bits per heavy atom. The molecular weight excluding hydrogens is 296 g/mol. The molecule has 1 heterocycles. The lowest BCUT2D eigenvalue weighted by atomic mass is 9.79. The molecule has 23 heavy (non-hydrogen) atoms. The fourth-order valence-corrected chi connectivity index (χ4v) is 3.21. The lowest BCUT2D eigenvalue weighted by molar-refractivity contribution is -0.162. The molecule has 0 aromatic heterocycles. The average Bonchev–Trinajstić information content (AvgIpc) is 3.32. The summed E-state index contributed by atoms with van der Waals surface area (Å²) in [7, 11) is 0. The maximum Gasteiger partial charge on any atom is 0.309 e. The maximum atomic E-state index is 12.3. The largest absolute Gasteiger partial charge is 0.465 e. The number of epoxide rings is 1. The Balaban J connectivity index is 1.81. The highest BCUT2D eigenvalue weighted by Crippen LogP contribution is 2.43. The van der Waals surface area contributed by atoms with E-state index < -0.39 is 11.8 Å². The second kappa shape index (κ2) is 9.26. The second-order valence-corrected chi connectivity index (χ2v) is 6.65. The predicted molar refractivity (Wildman–Crippen MR) is 85.8 cm³/mol. The molecule has 1 aliphatic heterocycles.